The number of alkyl halides is 10. The first kappa shape index (κ1) is 20.8. The highest BCUT2D eigenvalue weighted by Crippen LogP contribution is 2.52. The lowest BCUT2D eigenvalue weighted by Crippen LogP contribution is -2.61. The summed E-state index contributed by atoms with van der Waals surface area (Å²) in [7, 11) is 0. The Morgan fingerprint density at radius 3 is 1.40 bits per heavy atom. The number of carboxylic acid groups (broad SMARTS) is 1. The van der Waals surface area contributed by atoms with Crippen molar-refractivity contribution in [2.45, 2.75) is 23.9 Å². The molecular formula is C8H6F10O2. The highest BCUT2D eigenvalue weighted by molar-refractivity contribution is 5.78. The molecule has 0 aliphatic carbocycles. The maximum Gasteiger partial charge on any atom is 0.460 e. The van der Waals surface area contributed by atoms with E-state index in [-0.39, 0.29) is 0 Å². The van der Waals surface area contributed by atoms with Gasteiger partial charge in [0.15, 0.2) is 6.67 Å². The van der Waals surface area contributed by atoms with Crippen LogP contribution in [0.5, 0.6) is 0 Å². The normalized spacial score (nSPS) is 13.3. The summed E-state index contributed by atoms with van der Waals surface area (Å²) in [4.78, 5) is 9.25. The second kappa shape index (κ2) is 6.31. The highest BCUT2D eigenvalue weighted by Gasteiger charge is 2.81. The van der Waals surface area contributed by atoms with Gasteiger partial charge in [-0.25, -0.2) is 9.18 Å². The van der Waals surface area contributed by atoms with E-state index in [2.05, 4.69) is 6.58 Å². The van der Waals surface area contributed by atoms with Crippen molar-refractivity contribution in [1.82, 2.24) is 0 Å². The monoisotopic (exact) mass is 324 g/mol. The van der Waals surface area contributed by atoms with E-state index in [0.29, 0.717) is 0 Å². The molecule has 0 aliphatic rings. The molecule has 1 N–H and O–H groups in total. The zero-order chi connectivity index (χ0) is 17.0. The van der Waals surface area contributed by atoms with Crippen LogP contribution in [0.3, 0.4) is 0 Å². The first-order valence-corrected chi connectivity index (χ1v) is 4.20. The Balaban J connectivity index is 0. The SMILES string of the molecule is C=CC(=O)O.FCC(F)(F)C(F)(F)C(F)(F)C(F)(F)F. The predicted molar refractivity (Wildman–Crippen MR) is 44.7 cm³/mol. The third-order valence-electron chi connectivity index (χ3n) is 1.55. The Morgan fingerprint density at radius 2 is 1.25 bits per heavy atom. The third kappa shape index (κ3) is 4.27. The van der Waals surface area contributed by atoms with Crippen molar-refractivity contribution >= 4 is 5.97 Å². The summed E-state index contributed by atoms with van der Waals surface area (Å²) < 4.78 is 117. The van der Waals surface area contributed by atoms with Crippen LogP contribution in [-0.4, -0.2) is 41.7 Å². The summed E-state index contributed by atoms with van der Waals surface area (Å²) in [5, 5.41) is 7.60. The van der Waals surface area contributed by atoms with Gasteiger partial charge in [0.05, 0.1) is 0 Å². The Hall–Kier alpha value is -1.49. The number of rotatable bonds is 4. The molecule has 0 fully saturated rings. The van der Waals surface area contributed by atoms with Crippen LogP contribution >= 0.6 is 0 Å². The lowest BCUT2D eigenvalue weighted by Gasteiger charge is -2.32. The van der Waals surface area contributed by atoms with Crippen LogP contribution < -0.4 is 0 Å². The van der Waals surface area contributed by atoms with Gasteiger partial charge in [-0.1, -0.05) is 6.58 Å². The van der Waals surface area contributed by atoms with Crippen LogP contribution in [0.4, 0.5) is 43.9 Å². The fraction of sp³-hybridized carbons (Fsp3) is 0.625. The van der Waals surface area contributed by atoms with Crippen molar-refractivity contribution in [1.29, 1.82) is 0 Å². The van der Waals surface area contributed by atoms with Gasteiger partial charge in [-0.2, -0.15) is 39.5 Å². The van der Waals surface area contributed by atoms with Gasteiger partial charge in [-0.3, -0.25) is 0 Å². The molecule has 0 saturated carbocycles. The number of aliphatic carboxylic acids is 1. The minimum Gasteiger partial charge on any atom is -0.478 e. The lowest BCUT2D eigenvalue weighted by molar-refractivity contribution is -0.397. The van der Waals surface area contributed by atoms with E-state index in [4.69, 9.17) is 5.11 Å². The quantitative estimate of drug-likeness (QED) is 0.633. The number of hydrogen-bond donors (Lipinski definition) is 1. The fourth-order valence-corrected chi connectivity index (χ4v) is 0.492. The smallest absolute Gasteiger partial charge is 0.460 e. The molecule has 0 radical (unpaired) electrons. The molecule has 0 spiro atoms. The maximum absolute atomic E-state index is 12.0. The molecule has 0 bridgehead atoms. The number of halogens is 10. The van der Waals surface area contributed by atoms with Gasteiger partial charge in [0.1, 0.15) is 0 Å². The van der Waals surface area contributed by atoms with Crippen molar-refractivity contribution in [3.8, 4) is 0 Å². The molecule has 0 rings (SSSR count). The van der Waals surface area contributed by atoms with Gasteiger partial charge in [-0.15, -0.1) is 0 Å². The number of hydrogen-bond acceptors (Lipinski definition) is 1. The van der Waals surface area contributed by atoms with Gasteiger partial charge >= 0.3 is 29.9 Å². The maximum atomic E-state index is 12.0. The summed E-state index contributed by atoms with van der Waals surface area (Å²) >= 11 is 0. The predicted octanol–water partition coefficient (Wildman–Crippen LogP) is 3.68. The topological polar surface area (TPSA) is 37.3 Å². The largest absolute Gasteiger partial charge is 0.478 e. The Labute approximate surface area is 104 Å². The molecule has 0 saturated heterocycles. The molecule has 0 atom stereocenters. The van der Waals surface area contributed by atoms with Crippen LogP contribution in [0.15, 0.2) is 12.7 Å². The van der Waals surface area contributed by atoms with Gasteiger partial charge in [-0.05, 0) is 0 Å². The molecule has 0 aromatic heterocycles. The molecule has 12 heteroatoms. The number of carboxylic acids is 1. The van der Waals surface area contributed by atoms with Crippen molar-refractivity contribution in [3.05, 3.63) is 12.7 Å². The van der Waals surface area contributed by atoms with E-state index in [0.717, 1.165) is 6.08 Å². The van der Waals surface area contributed by atoms with Gasteiger partial charge in [0.25, 0.3) is 0 Å². The molecule has 20 heavy (non-hydrogen) atoms. The zero-order valence-electron chi connectivity index (χ0n) is 9.13. The third-order valence-corrected chi connectivity index (χ3v) is 1.55. The van der Waals surface area contributed by atoms with E-state index >= 15 is 0 Å². The van der Waals surface area contributed by atoms with Gasteiger partial charge < -0.3 is 5.11 Å². The molecule has 0 unspecified atom stereocenters. The van der Waals surface area contributed by atoms with Crippen LogP contribution in [0, 0.1) is 0 Å². The fourth-order valence-electron chi connectivity index (χ4n) is 0.492. The van der Waals surface area contributed by atoms with Crippen LogP contribution in [-0.2, 0) is 4.79 Å². The molecule has 0 aliphatic heterocycles. The average molecular weight is 324 g/mol. The second-order valence-corrected chi connectivity index (χ2v) is 3.03. The highest BCUT2D eigenvalue weighted by atomic mass is 19.4. The molecule has 2 nitrogen and oxygen atoms in total. The van der Waals surface area contributed by atoms with Crippen LogP contribution in [0.25, 0.3) is 0 Å². The van der Waals surface area contributed by atoms with E-state index in [1.54, 1.807) is 0 Å². The summed E-state index contributed by atoms with van der Waals surface area (Å²) in [5.41, 5.74) is 0. The number of carbonyl (C=O) groups is 1. The molecular weight excluding hydrogens is 318 g/mol. The Bertz CT molecular complexity index is 346. The van der Waals surface area contributed by atoms with Gasteiger partial charge in [0, 0.05) is 6.08 Å². The van der Waals surface area contributed by atoms with Crippen molar-refractivity contribution < 1.29 is 53.8 Å². The average Bonchev–Trinajstić information content (AvgIpc) is 2.27. The van der Waals surface area contributed by atoms with E-state index < -0.39 is 36.6 Å². The van der Waals surface area contributed by atoms with E-state index in [1.165, 1.54) is 0 Å². The Kier molecular flexibility index (Phi) is 6.57. The minimum atomic E-state index is -7.00. The Morgan fingerprint density at radius 1 is 0.950 bits per heavy atom. The van der Waals surface area contributed by atoms with Crippen LogP contribution in [0.1, 0.15) is 0 Å². The van der Waals surface area contributed by atoms with Crippen molar-refractivity contribution in [3.63, 3.8) is 0 Å². The zero-order valence-corrected chi connectivity index (χ0v) is 9.13. The summed E-state index contributed by atoms with van der Waals surface area (Å²) in [6, 6.07) is 0. The minimum absolute atomic E-state index is 0.833. The summed E-state index contributed by atoms with van der Waals surface area (Å²) in [6.07, 6.45) is -6.06. The first-order valence-electron chi connectivity index (χ1n) is 4.20. The standard InChI is InChI=1S/C5H2F10.C3H4O2/c6-1-2(7,8)3(9,10)4(11,12)5(13,14)15;1-2-3(4)5/h1H2;2H,1H2,(H,4,5). The van der Waals surface area contributed by atoms with E-state index in [9.17, 15) is 48.7 Å². The lowest BCUT2D eigenvalue weighted by atomic mass is 10.1. The van der Waals surface area contributed by atoms with Gasteiger partial charge in [0.2, 0.25) is 0 Å². The first-order chi connectivity index (χ1) is 8.58. The molecule has 0 aromatic rings. The molecule has 0 heterocycles. The molecule has 0 amide bonds. The van der Waals surface area contributed by atoms with Crippen molar-refractivity contribution in [2.24, 2.45) is 0 Å². The summed E-state index contributed by atoms with van der Waals surface area (Å²) in [5.74, 6) is -20.9. The summed E-state index contributed by atoms with van der Waals surface area (Å²) in [6.45, 7) is -0.367. The molecule has 0 aromatic carbocycles. The van der Waals surface area contributed by atoms with Crippen molar-refractivity contribution in [2.75, 3.05) is 6.67 Å². The molecule has 120 valence electrons. The van der Waals surface area contributed by atoms with Crippen LogP contribution in [0.2, 0.25) is 0 Å². The second-order valence-electron chi connectivity index (χ2n) is 3.03. The van der Waals surface area contributed by atoms with E-state index in [1.807, 2.05) is 0 Å².